The van der Waals surface area contributed by atoms with Crippen molar-refractivity contribution in [3.63, 3.8) is 0 Å². The van der Waals surface area contributed by atoms with E-state index in [1.807, 2.05) is 0 Å². The number of nitrogens with one attached hydrogen (secondary N) is 1. The minimum Gasteiger partial charge on any atom is -0.497 e. The predicted octanol–water partition coefficient (Wildman–Crippen LogP) is 3.58. The Labute approximate surface area is 149 Å². The molecule has 2 rings (SSSR count). The maximum Gasteiger partial charge on any atom is 0.284 e. The first-order chi connectivity index (χ1) is 12.0. The number of thioether (sulfide) groups is 1. The Balaban J connectivity index is 1.87. The van der Waals surface area contributed by atoms with Gasteiger partial charge in [0.15, 0.2) is 0 Å². The summed E-state index contributed by atoms with van der Waals surface area (Å²) in [5, 5.41) is 13.4. The normalized spacial score (nSPS) is 12.4. The van der Waals surface area contributed by atoms with Crippen LogP contribution in [-0.4, -0.2) is 31.6 Å². The smallest absolute Gasteiger partial charge is 0.284 e. The number of benzene rings is 1. The number of aliphatic hydroxyl groups is 1. The lowest BCUT2D eigenvalue weighted by Crippen LogP contribution is -2.21. The number of furan rings is 1. The molecule has 1 atom stereocenters. The van der Waals surface area contributed by atoms with Gasteiger partial charge in [0.05, 0.1) is 32.6 Å². The Kier molecular flexibility index (Phi) is 7.54. The summed E-state index contributed by atoms with van der Waals surface area (Å²) < 4.78 is 40.2. The van der Waals surface area contributed by atoms with Crippen molar-refractivity contribution in [3.05, 3.63) is 47.4 Å². The summed E-state index contributed by atoms with van der Waals surface area (Å²) in [4.78, 5) is 0. The Morgan fingerprint density at radius 3 is 2.60 bits per heavy atom. The summed E-state index contributed by atoms with van der Waals surface area (Å²) in [6, 6.07) is 8.61. The van der Waals surface area contributed by atoms with E-state index in [-0.39, 0.29) is 12.3 Å². The number of hydrogen-bond acceptors (Lipinski definition) is 6. The average Bonchev–Trinajstić information content (AvgIpc) is 3.07. The summed E-state index contributed by atoms with van der Waals surface area (Å²) in [6.45, 7) is 0.647. The van der Waals surface area contributed by atoms with E-state index in [0.29, 0.717) is 46.9 Å². The van der Waals surface area contributed by atoms with E-state index in [0.717, 1.165) is 0 Å². The zero-order valence-electron chi connectivity index (χ0n) is 14.0. The van der Waals surface area contributed by atoms with Gasteiger partial charge in [-0.3, -0.25) is 0 Å². The molecule has 0 fully saturated rings. The van der Waals surface area contributed by atoms with Crippen molar-refractivity contribution < 1.29 is 27.8 Å². The Bertz CT molecular complexity index is 666. The highest BCUT2D eigenvalue weighted by atomic mass is 32.2. The molecule has 1 unspecified atom stereocenters. The van der Waals surface area contributed by atoms with Gasteiger partial charge in [0.2, 0.25) is 0 Å². The number of ether oxygens (including phenoxy) is 2. The van der Waals surface area contributed by atoms with Gasteiger partial charge >= 0.3 is 0 Å². The number of alkyl halides is 2. The zero-order chi connectivity index (χ0) is 18.2. The number of rotatable bonds is 10. The number of hydrogen-bond donors (Lipinski definition) is 2. The van der Waals surface area contributed by atoms with Gasteiger partial charge in [-0.15, -0.1) is 0 Å². The molecule has 0 aliphatic rings. The monoisotopic (exact) mass is 373 g/mol. The third kappa shape index (κ3) is 5.91. The van der Waals surface area contributed by atoms with Crippen LogP contribution in [0.15, 0.2) is 34.7 Å². The Morgan fingerprint density at radius 1 is 1.16 bits per heavy atom. The van der Waals surface area contributed by atoms with E-state index >= 15 is 0 Å². The van der Waals surface area contributed by atoms with E-state index < -0.39 is 11.9 Å². The molecule has 0 bridgehead atoms. The first kappa shape index (κ1) is 19.6. The molecular weight excluding hydrogens is 352 g/mol. The van der Waals surface area contributed by atoms with E-state index in [1.165, 1.54) is 7.11 Å². The summed E-state index contributed by atoms with van der Waals surface area (Å²) in [6.07, 6.45) is -0.797. The van der Waals surface area contributed by atoms with Crippen molar-refractivity contribution in [1.82, 2.24) is 5.32 Å². The SMILES string of the molecule is COc1ccc(OC)c(C(O)CNCc2ccc(CSC(F)F)o2)c1. The van der Waals surface area contributed by atoms with Gasteiger partial charge in [-0.25, -0.2) is 0 Å². The van der Waals surface area contributed by atoms with Crippen molar-refractivity contribution in [2.45, 2.75) is 24.2 Å². The molecule has 2 N–H and O–H groups in total. The molecule has 0 radical (unpaired) electrons. The molecule has 5 nitrogen and oxygen atoms in total. The summed E-state index contributed by atoms with van der Waals surface area (Å²) in [7, 11) is 3.09. The summed E-state index contributed by atoms with van der Waals surface area (Å²) in [5.41, 5.74) is 0.614. The van der Waals surface area contributed by atoms with Crippen molar-refractivity contribution >= 4 is 11.8 Å². The van der Waals surface area contributed by atoms with Crippen LogP contribution in [0.4, 0.5) is 8.78 Å². The van der Waals surface area contributed by atoms with Gasteiger partial charge in [-0.1, -0.05) is 11.8 Å². The molecule has 138 valence electrons. The maximum atomic E-state index is 12.2. The molecule has 8 heteroatoms. The molecule has 1 aromatic carbocycles. The quantitative estimate of drug-likeness (QED) is 0.664. The van der Waals surface area contributed by atoms with Crippen LogP contribution < -0.4 is 14.8 Å². The Hall–Kier alpha value is -1.77. The lowest BCUT2D eigenvalue weighted by molar-refractivity contribution is 0.168. The molecule has 0 aliphatic carbocycles. The molecule has 1 aromatic heterocycles. The van der Waals surface area contributed by atoms with Gasteiger partial charge in [-0.05, 0) is 30.3 Å². The molecule has 0 saturated heterocycles. The predicted molar refractivity (Wildman–Crippen MR) is 92.2 cm³/mol. The highest BCUT2D eigenvalue weighted by molar-refractivity contribution is 7.98. The van der Waals surface area contributed by atoms with Gasteiger partial charge < -0.3 is 24.3 Å². The van der Waals surface area contributed by atoms with Crippen LogP contribution in [0.1, 0.15) is 23.2 Å². The van der Waals surface area contributed by atoms with Crippen LogP contribution in [0.25, 0.3) is 0 Å². The summed E-state index contributed by atoms with van der Waals surface area (Å²) in [5.74, 6) is 0.0225. The van der Waals surface area contributed by atoms with Crippen LogP contribution in [0.2, 0.25) is 0 Å². The van der Waals surface area contributed by atoms with Crippen LogP contribution in [0.5, 0.6) is 11.5 Å². The standard InChI is InChI=1S/C17H21F2NO4S/c1-22-11-5-6-16(23-2)14(7-11)15(21)9-20-8-12-3-4-13(24-12)10-25-17(18)19/h3-7,15,17,20-21H,8-10H2,1-2H3. The second-order valence-electron chi connectivity index (χ2n) is 5.19. The summed E-state index contributed by atoms with van der Waals surface area (Å²) >= 11 is 0.518. The molecule has 0 amide bonds. The van der Waals surface area contributed by atoms with Crippen molar-refractivity contribution in [1.29, 1.82) is 0 Å². The second kappa shape index (κ2) is 9.65. The zero-order valence-corrected chi connectivity index (χ0v) is 14.8. The number of methoxy groups -OCH3 is 2. The van der Waals surface area contributed by atoms with Crippen molar-refractivity contribution in [3.8, 4) is 11.5 Å². The van der Waals surface area contributed by atoms with E-state index in [1.54, 1.807) is 37.4 Å². The highest BCUT2D eigenvalue weighted by Crippen LogP contribution is 2.29. The number of aliphatic hydroxyl groups excluding tert-OH is 1. The molecule has 0 saturated carbocycles. The Morgan fingerprint density at radius 2 is 1.92 bits per heavy atom. The molecule has 25 heavy (non-hydrogen) atoms. The lowest BCUT2D eigenvalue weighted by atomic mass is 10.1. The van der Waals surface area contributed by atoms with E-state index in [9.17, 15) is 13.9 Å². The molecule has 0 spiro atoms. The third-order valence-corrected chi connectivity index (χ3v) is 4.20. The van der Waals surface area contributed by atoms with Gasteiger partial charge in [0.25, 0.3) is 5.76 Å². The topological polar surface area (TPSA) is 63.9 Å². The minimum absolute atomic E-state index is 0.126. The van der Waals surface area contributed by atoms with Gasteiger partial charge in [0.1, 0.15) is 23.0 Å². The van der Waals surface area contributed by atoms with E-state index in [4.69, 9.17) is 13.9 Å². The molecule has 0 aliphatic heterocycles. The highest BCUT2D eigenvalue weighted by Gasteiger charge is 2.15. The van der Waals surface area contributed by atoms with Crippen molar-refractivity contribution in [2.75, 3.05) is 20.8 Å². The van der Waals surface area contributed by atoms with Crippen molar-refractivity contribution in [2.24, 2.45) is 0 Å². The molecule has 2 aromatic rings. The van der Waals surface area contributed by atoms with Gasteiger partial charge in [-0.2, -0.15) is 8.78 Å². The molecular formula is C17H21F2NO4S. The largest absolute Gasteiger partial charge is 0.497 e. The third-order valence-electron chi connectivity index (χ3n) is 3.50. The maximum absolute atomic E-state index is 12.2. The van der Waals surface area contributed by atoms with Crippen LogP contribution in [-0.2, 0) is 12.3 Å². The average molecular weight is 373 g/mol. The first-order valence-corrected chi connectivity index (χ1v) is 8.66. The lowest BCUT2D eigenvalue weighted by Gasteiger charge is -2.16. The minimum atomic E-state index is -2.42. The first-order valence-electron chi connectivity index (χ1n) is 7.61. The fraction of sp³-hybridized carbons (Fsp3) is 0.412. The number of halogens is 2. The fourth-order valence-corrected chi connectivity index (χ4v) is 2.73. The van der Waals surface area contributed by atoms with Gasteiger partial charge in [0, 0.05) is 12.1 Å². The van der Waals surface area contributed by atoms with E-state index in [2.05, 4.69) is 5.32 Å². The second-order valence-corrected chi connectivity index (χ2v) is 6.17. The van der Waals surface area contributed by atoms with Crippen LogP contribution in [0.3, 0.4) is 0 Å². The van der Waals surface area contributed by atoms with Crippen LogP contribution in [0, 0.1) is 0 Å². The van der Waals surface area contributed by atoms with Crippen LogP contribution >= 0.6 is 11.8 Å². The molecule has 1 heterocycles. The fourth-order valence-electron chi connectivity index (χ4n) is 2.28.